The molecule has 2 heterocycles. The van der Waals surface area contributed by atoms with Gasteiger partial charge in [0.15, 0.2) is 11.0 Å². The van der Waals surface area contributed by atoms with Crippen LogP contribution in [0.15, 0.2) is 30.6 Å². The van der Waals surface area contributed by atoms with Crippen molar-refractivity contribution in [3.8, 4) is 0 Å². The number of hydrogen-bond donors (Lipinski definition) is 1. The number of aryl methyl sites for hydroxylation is 2. The lowest BCUT2D eigenvalue weighted by Gasteiger charge is -2.00. The highest BCUT2D eigenvalue weighted by atomic mass is 32.1. The first kappa shape index (κ1) is 11.9. The molecule has 0 unspecified atom stereocenters. The molecule has 1 amide bonds. The summed E-state index contributed by atoms with van der Waals surface area (Å²) in [6.45, 7) is 2.01. The lowest BCUT2D eigenvalue weighted by Crippen LogP contribution is -2.16. The van der Waals surface area contributed by atoms with Gasteiger partial charge < -0.3 is 4.57 Å². The number of carbonyl (C=O) groups excluding carboxylic acids is 1. The molecule has 0 spiro atoms. The van der Waals surface area contributed by atoms with Gasteiger partial charge in [0.25, 0.3) is 5.91 Å². The minimum absolute atomic E-state index is 0.246. The molecule has 5 nitrogen and oxygen atoms in total. The fourth-order valence-electron chi connectivity index (χ4n) is 1.88. The van der Waals surface area contributed by atoms with Crippen LogP contribution < -0.4 is 5.32 Å². The summed E-state index contributed by atoms with van der Waals surface area (Å²) in [5.41, 5.74) is 2.04. The Morgan fingerprint density at radius 2 is 2.26 bits per heavy atom. The van der Waals surface area contributed by atoms with Gasteiger partial charge in [-0.1, -0.05) is 23.5 Å². The predicted molar refractivity (Wildman–Crippen MR) is 75.5 cm³/mol. The Labute approximate surface area is 113 Å². The van der Waals surface area contributed by atoms with Crippen molar-refractivity contribution in [1.82, 2.24) is 14.5 Å². The summed E-state index contributed by atoms with van der Waals surface area (Å²) in [5.74, 6) is 0.125. The second-order valence-corrected chi connectivity index (χ2v) is 5.29. The van der Waals surface area contributed by atoms with Crippen LogP contribution in [0, 0.1) is 6.92 Å². The van der Waals surface area contributed by atoms with Crippen molar-refractivity contribution in [3.05, 3.63) is 42.0 Å². The summed E-state index contributed by atoms with van der Waals surface area (Å²) in [4.78, 5) is 20.5. The van der Waals surface area contributed by atoms with E-state index < -0.39 is 0 Å². The molecule has 0 bridgehead atoms. The largest absolute Gasteiger partial charge is 0.330 e. The Morgan fingerprint density at radius 1 is 1.42 bits per heavy atom. The highest BCUT2D eigenvalue weighted by Gasteiger charge is 2.13. The average Bonchev–Trinajstić information content (AvgIpc) is 2.95. The van der Waals surface area contributed by atoms with E-state index in [0.717, 1.165) is 15.8 Å². The summed E-state index contributed by atoms with van der Waals surface area (Å²) >= 11 is 1.46. The molecular weight excluding hydrogens is 260 g/mol. The molecule has 0 atom stereocenters. The van der Waals surface area contributed by atoms with Crippen molar-refractivity contribution in [2.24, 2.45) is 7.05 Å². The lowest BCUT2D eigenvalue weighted by molar-refractivity contribution is 0.101. The fraction of sp³-hybridized carbons (Fsp3) is 0.154. The number of amides is 1. The molecule has 96 valence electrons. The van der Waals surface area contributed by atoms with Crippen molar-refractivity contribution < 1.29 is 4.79 Å². The Balaban J connectivity index is 1.92. The molecule has 1 aromatic carbocycles. The monoisotopic (exact) mass is 272 g/mol. The van der Waals surface area contributed by atoms with Gasteiger partial charge in [-0.3, -0.25) is 10.1 Å². The van der Waals surface area contributed by atoms with Crippen molar-refractivity contribution in [2.45, 2.75) is 6.92 Å². The average molecular weight is 272 g/mol. The van der Waals surface area contributed by atoms with E-state index in [4.69, 9.17) is 0 Å². The third-order valence-corrected chi connectivity index (χ3v) is 3.80. The van der Waals surface area contributed by atoms with Gasteiger partial charge in [-0.15, -0.1) is 0 Å². The Morgan fingerprint density at radius 3 is 2.95 bits per heavy atom. The van der Waals surface area contributed by atoms with Crippen LogP contribution >= 0.6 is 11.3 Å². The standard InChI is InChI=1S/C13H12N4OS/c1-8-4-3-5-9-10(8)15-13(19-9)16-12(18)11-14-6-7-17(11)2/h3-7H,1-2H3,(H,15,16,18). The molecule has 0 aliphatic heterocycles. The third-order valence-electron chi connectivity index (χ3n) is 2.87. The molecular formula is C13H12N4OS. The number of anilines is 1. The number of imidazole rings is 1. The molecule has 0 aliphatic carbocycles. The number of nitrogens with one attached hydrogen (secondary N) is 1. The zero-order chi connectivity index (χ0) is 13.4. The number of carbonyl (C=O) groups is 1. The van der Waals surface area contributed by atoms with Gasteiger partial charge in [-0.2, -0.15) is 0 Å². The second-order valence-electron chi connectivity index (χ2n) is 4.26. The van der Waals surface area contributed by atoms with Crippen molar-refractivity contribution >= 4 is 32.6 Å². The summed E-state index contributed by atoms with van der Waals surface area (Å²) in [7, 11) is 1.78. The predicted octanol–water partition coefficient (Wildman–Crippen LogP) is 2.59. The first-order valence-corrected chi connectivity index (χ1v) is 6.61. The van der Waals surface area contributed by atoms with Crippen molar-refractivity contribution in [1.29, 1.82) is 0 Å². The molecule has 3 aromatic rings. The number of thiazole rings is 1. The molecule has 3 rings (SSSR count). The number of hydrogen-bond acceptors (Lipinski definition) is 4. The minimum atomic E-state index is -0.246. The summed E-state index contributed by atoms with van der Waals surface area (Å²) in [6.07, 6.45) is 3.33. The quantitative estimate of drug-likeness (QED) is 0.780. The SMILES string of the molecule is Cc1cccc2sc(NC(=O)c3nccn3C)nc12. The van der Waals surface area contributed by atoms with Gasteiger partial charge in [-0.25, -0.2) is 9.97 Å². The van der Waals surface area contributed by atoms with Crippen molar-refractivity contribution in [2.75, 3.05) is 5.32 Å². The van der Waals surface area contributed by atoms with Crippen LogP contribution in [0.3, 0.4) is 0 Å². The number of fused-ring (bicyclic) bond motifs is 1. The number of para-hydroxylation sites is 1. The van der Waals surface area contributed by atoms with Crippen LogP contribution in [0.1, 0.15) is 16.2 Å². The number of aromatic nitrogens is 3. The van der Waals surface area contributed by atoms with Crippen molar-refractivity contribution in [3.63, 3.8) is 0 Å². The van der Waals surface area contributed by atoms with Gasteiger partial charge >= 0.3 is 0 Å². The fourth-order valence-corrected chi connectivity index (χ4v) is 2.82. The van der Waals surface area contributed by atoms with E-state index in [1.807, 2.05) is 25.1 Å². The maximum Gasteiger partial charge on any atom is 0.293 e. The van der Waals surface area contributed by atoms with E-state index in [1.54, 1.807) is 24.0 Å². The number of benzene rings is 1. The maximum atomic E-state index is 12.0. The van der Waals surface area contributed by atoms with E-state index in [1.165, 1.54) is 11.3 Å². The van der Waals surface area contributed by atoms with E-state index in [-0.39, 0.29) is 5.91 Å². The van der Waals surface area contributed by atoms with Crippen LogP contribution in [0.2, 0.25) is 0 Å². The highest BCUT2D eigenvalue weighted by Crippen LogP contribution is 2.27. The van der Waals surface area contributed by atoms with E-state index in [2.05, 4.69) is 15.3 Å². The Hall–Kier alpha value is -2.21. The second kappa shape index (κ2) is 4.47. The van der Waals surface area contributed by atoms with Gasteiger partial charge in [0, 0.05) is 19.4 Å². The molecule has 0 fully saturated rings. The van der Waals surface area contributed by atoms with Gasteiger partial charge in [0.05, 0.1) is 10.2 Å². The molecule has 0 aliphatic rings. The molecule has 0 saturated heterocycles. The third kappa shape index (κ3) is 2.10. The van der Waals surface area contributed by atoms with Crippen LogP contribution in [-0.2, 0) is 7.05 Å². The topological polar surface area (TPSA) is 59.8 Å². The maximum absolute atomic E-state index is 12.0. The zero-order valence-electron chi connectivity index (χ0n) is 10.5. The van der Waals surface area contributed by atoms with E-state index >= 15 is 0 Å². The number of rotatable bonds is 2. The Bertz CT molecular complexity index is 759. The normalized spacial score (nSPS) is 10.8. The van der Waals surface area contributed by atoms with Crippen LogP contribution in [0.5, 0.6) is 0 Å². The molecule has 19 heavy (non-hydrogen) atoms. The van der Waals surface area contributed by atoms with Crippen LogP contribution in [0.25, 0.3) is 10.2 Å². The van der Waals surface area contributed by atoms with Gasteiger partial charge in [-0.05, 0) is 18.6 Å². The number of nitrogens with zero attached hydrogens (tertiary/aromatic N) is 3. The Kier molecular flexibility index (Phi) is 2.79. The van der Waals surface area contributed by atoms with Gasteiger partial charge in [0.1, 0.15) is 0 Å². The van der Waals surface area contributed by atoms with Crippen LogP contribution in [0.4, 0.5) is 5.13 Å². The molecule has 6 heteroatoms. The summed E-state index contributed by atoms with van der Waals surface area (Å²) in [5, 5.41) is 3.38. The first-order valence-electron chi connectivity index (χ1n) is 5.80. The smallest absolute Gasteiger partial charge is 0.293 e. The van der Waals surface area contributed by atoms with E-state index in [9.17, 15) is 4.79 Å². The highest BCUT2D eigenvalue weighted by molar-refractivity contribution is 7.22. The summed E-state index contributed by atoms with van der Waals surface area (Å²) < 4.78 is 2.74. The lowest BCUT2D eigenvalue weighted by atomic mass is 10.2. The first-order chi connectivity index (χ1) is 9.15. The zero-order valence-corrected chi connectivity index (χ0v) is 11.4. The molecule has 2 aromatic heterocycles. The molecule has 1 N–H and O–H groups in total. The van der Waals surface area contributed by atoms with Crippen LogP contribution in [-0.4, -0.2) is 20.4 Å². The minimum Gasteiger partial charge on any atom is -0.330 e. The van der Waals surface area contributed by atoms with Gasteiger partial charge in [0.2, 0.25) is 0 Å². The summed E-state index contributed by atoms with van der Waals surface area (Å²) in [6, 6.07) is 5.99. The molecule has 0 radical (unpaired) electrons. The molecule has 0 saturated carbocycles. The van der Waals surface area contributed by atoms with E-state index in [0.29, 0.717) is 11.0 Å².